The minimum Gasteiger partial charge on any atom is -0.492 e. The largest absolute Gasteiger partial charge is 0.492 e. The van der Waals surface area contributed by atoms with E-state index in [1.807, 2.05) is 38.1 Å². The second-order valence-electron chi connectivity index (χ2n) is 7.23. The molecule has 1 atom stereocenters. The quantitative estimate of drug-likeness (QED) is 0.686. The third-order valence-corrected chi connectivity index (χ3v) is 7.10. The van der Waals surface area contributed by atoms with Gasteiger partial charge in [0.05, 0.1) is 6.61 Å². The molecule has 1 N–H and O–H groups in total. The molecule has 3 rings (SSSR count). The van der Waals surface area contributed by atoms with Gasteiger partial charge in [-0.25, -0.2) is 8.42 Å². The molecule has 2 aromatic carbocycles. The van der Waals surface area contributed by atoms with Crippen LogP contribution in [0.2, 0.25) is 0 Å². The van der Waals surface area contributed by atoms with Crippen molar-refractivity contribution in [1.29, 1.82) is 0 Å². The van der Waals surface area contributed by atoms with Crippen LogP contribution in [0.25, 0.3) is 0 Å². The lowest BCUT2D eigenvalue weighted by molar-refractivity contribution is -0.125. The van der Waals surface area contributed by atoms with Gasteiger partial charge in [0.25, 0.3) is 0 Å². The summed E-state index contributed by atoms with van der Waals surface area (Å²) in [5, 5.41) is 2.86. The molecule has 0 unspecified atom stereocenters. The lowest BCUT2D eigenvalue weighted by Gasteiger charge is -2.35. The van der Waals surface area contributed by atoms with Crippen LogP contribution in [-0.4, -0.2) is 37.3 Å². The van der Waals surface area contributed by atoms with E-state index >= 15 is 0 Å². The smallest absolute Gasteiger partial charge is 0.247 e. The number of benzene rings is 2. The molecule has 0 fully saturated rings. The maximum Gasteiger partial charge on any atom is 0.247 e. The minimum atomic E-state index is -3.99. The monoisotopic (exact) mass is 480 g/mol. The van der Waals surface area contributed by atoms with E-state index in [9.17, 15) is 13.2 Å². The van der Waals surface area contributed by atoms with E-state index in [4.69, 9.17) is 4.74 Å². The van der Waals surface area contributed by atoms with Crippen LogP contribution in [0.5, 0.6) is 5.75 Å². The summed E-state index contributed by atoms with van der Waals surface area (Å²) >= 11 is 3.35. The molecule has 1 heterocycles. The summed E-state index contributed by atoms with van der Waals surface area (Å²) in [6, 6.07) is 11.6. The number of halogens is 1. The highest BCUT2D eigenvalue weighted by Crippen LogP contribution is 2.34. The van der Waals surface area contributed by atoms with Crippen LogP contribution in [0.1, 0.15) is 31.9 Å². The number of ether oxygens (including phenoxy) is 1. The topological polar surface area (TPSA) is 75.7 Å². The lowest BCUT2D eigenvalue weighted by Crippen LogP contribution is -2.53. The predicted octanol–water partition coefficient (Wildman–Crippen LogP) is 3.49. The zero-order valence-electron chi connectivity index (χ0n) is 16.7. The third kappa shape index (κ3) is 4.65. The number of rotatable bonds is 6. The van der Waals surface area contributed by atoms with Crippen molar-refractivity contribution in [2.75, 3.05) is 6.61 Å². The van der Waals surface area contributed by atoms with Gasteiger partial charge in [-0.15, -0.1) is 0 Å². The molecule has 2 aromatic rings. The first-order valence-corrected chi connectivity index (χ1v) is 11.8. The molecule has 1 amide bonds. The second-order valence-corrected chi connectivity index (χ2v) is 10.0. The first-order valence-electron chi connectivity index (χ1n) is 9.55. The van der Waals surface area contributed by atoms with Gasteiger partial charge in [-0.1, -0.05) is 40.2 Å². The second kappa shape index (κ2) is 8.85. The molecule has 0 aromatic heterocycles. The molecule has 0 bridgehead atoms. The number of sulfonamides is 1. The molecular weight excluding hydrogens is 456 g/mol. The van der Waals surface area contributed by atoms with Crippen LogP contribution < -0.4 is 10.1 Å². The number of carbonyl (C=O) groups excluding carboxylic acids is 1. The molecule has 0 radical (unpaired) electrons. The molecule has 0 spiro atoms. The molecule has 8 heteroatoms. The van der Waals surface area contributed by atoms with E-state index in [-0.39, 0.29) is 29.1 Å². The Morgan fingerprint density at radius 2 is 1.93 bits per heavy atom. The molecule has 1 aliphatic heterocycles. The van der Waals surface area contributed by atoms with Gasteiger partial charge in [0.1, 0.15) is 16.7 Å². The fourth-order valence-corrected chi connectivity index (χ4v) is 5.68. The fourth-order valence-electron chi connectivity index (χ4n) is 3.44. The Kier molecular flexibility index (Phi) is 6.65. The summed E-state index contributed by atoms with van der Waals surface area (Å²) < 4.78 is 34.9. The van der Waals surface area contributed by atoms with Gasteiger partial charge in [-0.3, -0.25) is 4.79 Å². The Balaban J connectivity index is 2.09. The van der Waals surface area contributed by atoms with Gasteiger partial charge in [0.15, 0.2) is 0 Å². The molecule has 156 valence electrons. The Morgan fingerprint density at radius 3 is 2.59 bits per heavy atom. The summed E-state index contributed by atoms with van der Waals surface area (Å²) in [5.41, 5.74) is 1.89. The van der Waals surface area contributed by atoms with Crippen molar-refractivity contribution in [2.45, 2.75) is 50.7 Å². The van der Waals surface area contributed by atoms with E-state index in [0.717, 1.165) is 11.1 Å². The highest BCUT2D eigenvalue weighted by atomic mass is 79.9. The van der Waals surface area contributed by atoms with Crippen molar-refractivity contribution in [2.24, 2.45) is 0 Å². The van der Waals surface area contributed by atoms with Gasteiger partial charge in [-0.05, 0) is 56.5 Å². The Morgan fingerprint density at radius 1 is 1.24 bits per heavy atom. The maximum atomic E-state index is 13.7. The van der Waals surface area contributed by atoms with Crippen LogP contribution in [-0.2, 0) is 27.8 Å². The summed E-state index contributed by atoms with van der Waals surface area (Å²) in [5.74, 6) is -0.0244. The zero-order valence-corrected chi connectivity index (χ0v) is 19.1. The van der Waals surface area contributed by atoms with Gasteiger partial charge in [0.2, 0.25) is 15.9 Å². The highest BCUT2D eigenvalue weighted by Gasteiger charge is 2.40. The van der Waals surface area contributed by atoms with Crippen molar-refractivity contribution in [3.63, 3.8) is 0 Å². The van der Waals surface area contributed by atoms with Crippen molar-refractivity contribution < 1.29 is 17.9 Å². The number of nitrogens with zero attached hydrogens (tertiary/aromatic N) is 1. The first kappa shape index (κ1) is 21.8. The summed E-state index contributed by atoms with van der Waals surface area (Å²) in [4.78, 5) is 13.0. The maximum absolute atomic E-state index is 13.7. The predicted molar refractivity (Wildman–Crippen MR) is 115 cm³/mol. The van der Waals surface area contributed by atoms with E-state index in [0.29, 0.717) is 17.5 Å². The minimum absolute atomic E-state index is 0.0513. The van der Waals surface area contributed by atoms with Crippen molar-refractivity contribution in [3.05, 3.63) is 58.1 Å². The summed E-state index contributed by atoms with van der Waals surface area (Å²) in [7, 11) is -3.99. The van der Waals surface area contributed by atoms with E-state index in [2.05, 4.69) is 21.2 Å². The van der Waals surface area contributed by atoms with E-state index in [1.54, 1.807) is 19.1 Å². The number of amides is 1. The van der Waals surface area contributed by atoms with Gasteiger partial charge in [-0.2, -0.15) is 4.31 Å². The highest BCUT2D eigenvalue weighted by molar-refractivity contribution is 9.10. The fraction of sp³-hybridized carbons (Fsp3) is 0.381. The molecule has 1 aliphatic rings. The normalized spacial score (nSPS) is 17.1. The Labute approximate surface area is 180 Å². The van der Waals surface area contributed by atoms with E-state index < -0.39 is 16.1 Å². The average Bonchev–Trinajstić information content (AvgIpc) is 2.68. The van der Waals surface area contributed by atoms with Crippen LogP contribution in [0, 0.1) is 0 Å². The SMILES string of the molecule is CCOc1ccc(Br)cc1S(=O)(=O)N1Cc2ccccc2C[C@@H]1C(=O)NC(C)C. The van der Waals surface area contributed by atoms with Crippen molar-refractivity contribution >= 4 is 31.9 Å². The Hall–Kier alpha value is -1.90. The molecule has 29 heavy (non-hydrogen) atoms. The van der Waals surface area contributed by atoms with Crippen molar-refractivity contribution in [3.8, 4) is 5.75 Å². The number of nitrogens with one attached hydrogen (secondary N) is 1. The van der Waals surface area contributed by atoms with Crippen LogP contribution in [0.15, 0.2) is 51.8 Å². The molecule has 6 nitrogen and oxygen atoms in total. The van der Waals surface area contributed by atoms with E-state index in [1.165, 1.54) is 10.4 Å². The van der Waals surface area contributed by atoms with Gasteiger partial charge >= 0.3 is 0 Å². The van der Waals surface area contributed by atoms with Crippen molar-refractivity contribution in [1.82, 2.24) is 9.62 Å². The number of carbonyl (C=O) groups is 1. The van der Waals surface area contributed by atoms with Crippen LogP contribution in [0.3, 0.4) is 0 Å². The first-order chi connectivity index (χ1) is 13.7. The average molecular weight is 481 g/mol. The summed E-state index contributed by atoms with van der Waals surface area (Å²) in [6.45, 7) is 5.98. The number of hydrogen-bond acceptors (Lipinski definition) is 4. The molecule has 0 aliphatic carbocycles. The molecule has 0 saturated carbocycles. The molecular formula is C21H25BrN2O4S. The van der Waals surface area contributed by atoms with Gasteiger partial charge < -0.3 is 10.1 Å². The lowest BCUT2D eigenvalue weighted by atomic mass is 9.95. The number of fused-ring (bicyclic) bond motifs is 1. The van der Waals surface area contributed by atoms with Gasteiger partial charge in [0, 0.05) is 17.1 Å². The third-order valence-electron chi connectivity index (χ3n) is 4.73. The Bertz CT molecular complexity index is 1010. The molecule has 0 saturated heterocycles. The zero-order chi connectivity index (χ0) is 21.2. The van der Waals surface area contributed by atoms with Crippen LogP contribution >= 0.6 is 15.9 Å². The summed E-state index contributed by atoms with van der Waals surface area (Å²) in [6.07, 6.45) is 0.325. The standard InChI is InChI=1S/C21H25BrN2O4S/c1-4-28-19-10-9-17(22)12-20(19)29(26,27)24-13-16-8-6-5-7-15(16)11-18(24)21(25)23-14(2)3/h5-10,12,14,18H,4,11,13H2,1-3H3,(H,23,25)/t18-/m1/s1. The number of hydrogen-bond donors (Lipinski definition) is 1. The van der Waals surface area contributed by atoms with Crippen LogP contribution in [0.4, 0.5) is 0 Å².